The fraction of sp³-hybridized carbons (Fsp3) is 0.355. The number of hydrogen-bond acceptors (Lipinski definition) is 3. The summed E-state index contributed by atoms with van der Waals surface area (Å²) in [6.07, 6.45) is 31.6. The molecule has 2 aliphatic carbocycles. The lowest BCUT2D eigenvalue weighted by atomic mass is 9.73. The molecule has 178 valence electrons. The Kier molecular flexibility index (Phi) is 7.20. The van der Waals surface area contributed by atoms with E-state index in [0.29, 0.717) is 17.3 Å². The molecule has 0 radical (unpaired) electrons. The molecule has 5 rings (SSSR count). The smallest absolute Gasteiger partial charge is 0.244 e. The van der Waals surface area contributed by atoms with Gasteiger partial charge in [-0.05, 0) is 55.6 Å². The van der Waals surface area contributed by atoms with Gasteiger partial charge in [-0.25, -0.2) is 9.98 Å². The Morgan fingerprint density at radius 2 is 1.86 bits per heavy atom. The number of benzene rings is 1. The molecule has 1 aromatic carbocycles. The Labute approximate surface area is 208 Å². The van der Waals surface area contributed by atoms with Crippen molar-refractivity contribution in [3.8, 4) is 0 Å². The van der Waals surface area contributed by atoms with Crippen molar-refractivity contribution >= 4 is 41.2 Å². The first-order valence-electron chi connectivity index (χ1n) is 13.0. The van der Waals surface area contributed by atoms with Crippen molar-refractivity contribution in [2.75, 3.05) is 0 Å². The van der Waals surface area contributed by atoms with Crippen molar-refractivity contribution in [1.82, 2.24) is 4.57 Å². The van der Waals surface area contributed by atoms with Gasteiger partial charge in [-0.15, -0.1) is 0 Å². The third-order valence-corrected chi connectivity index (χ3v) is 7.46. The van der Waals surface area contributed by atoms with Crippen LogP contribution < -0.4 is 0 Å². The van der Waals surface area contributed by atoms with Gasteiger partial charge in [0.2, 0.25) is 5.96 Å². The molecule has 0 bridgehead atoms. The van der Waals surface area contributed by atoms with Gasteiger partial charge in [0.1, 0.15) is 6.34 Å². The summed E-state index contributed by atoms with van der Waals surface area (Å²) in [7, 11) is 0. The first-order valence-corrected chi connectivity index (χ1v) is 13.0. The molecule has 3 aliphatic rings. The van der Waals surface area contributed by atoms with Crippen molar-refractivity contribution in [1.29, 1.82) is 0 Å². The summed E-state index contributed by atoms with van der Waals surface area (Å²) in [5.41, 5.74) is 3.89. The lowest BCUT2D eigenvalue weighted by Crippen LogP contribution is -2.19. The molecule has 0 amide bonds. The number of unbranched alkanes of at least 4 members (excludes halogenated alkanes) is 1. The van der Waals surface area contributed by atoms with Crippen LogP contribution in [-0.2, 0) is 0 Å². The minimum Gasteiger partial charge on any atom is -0.277 e. The molecule has 1 atom stereocenters. The number of allylic oxidation sites excluding steroid dienone is 6. The minimum atomic E-state index is 0.437. The van der Waals surface area contributed by atoms with Gasteiger partial charge in [-0.1, -0.05) is 86.9 Å². The lowest BCUT2D eigenvalue weighted by Gasteiger charge is -2.31. The highest BCUT2D eigenvalue weighted by Gasteiger charge is 2.27. The van der Waals surface area contributed by atoms with Gasteiger partial charge in [-0.3, -0.25) is 4.57 Å². The highest BCUT2D eigenvalue weighted by molar-refractivity contribution is 6.06. The van der Waals surface area contributed by atoms with Crippen molar-refractivity contribution in [2.45, 2.75) is 58.3 Å². The molecule has 2 heterocycles. The van der Waals surface area contributed by atoms with Crippen LogP contribution in [0.2, 0.25) is 0 Å². The number of fused-ring (bicyclic) bond motifs is 3. The second-order valence-corrected chi connectivity index (χ2v) is 9.86. The van der Waals surface area contributed by atoms with E-state index < -0.39 is 0 Å². The maximum atomic E-state index is 4.47. The maximum absolute atomic E-state index is 4.47. The number of para-hydroxylation sites is 1. The predicted molar refractivity (Wildman–Crippen MR) is 150 cm³/mol. The Bertz CT molecular complexity index is 1290. The summed E-state index contributed by atoms with van der Waals surface area (Å²) < 4.78 is 2.12. The topological polar surface area (TPSA) is 42.0 Å². The minimum absolute atomic E-state index is 0.437. The third-order valence-electron chi connectivity index (χ3n) is 7.46. The Morgan fingerprint density at radius 3 is 2.71 bits per heavy atom. The highest BCUT2D eigenvalue weighted by atomic mass is 15.2. The lowest BCUT2D eigenvalue weighted by molar-refractivity contribution is 0.233. The van der Waals surface area contributed by atoms with E-state index in [1.165, 1.54) is 68.7 Å². The molecule has 0 spiro atoms. The molecule has 0 saturated heterocycles. The van der Waals surface area contributed by atoms with E-state index in [4.69, 9.17) is 0 Å². The zero-order valence-electron chi connectivity index (χ0n) is 20.6. The van der Waals surface area contributed by atoms with Gasteiger partial charge < -0.3 is 0 Å². The van der Waals surface area contributed by atoms with E-state index >= 15 is 0 Å². The van der Waals surface area contributed by atoms with E-state index in [2.05, 4.69) is 105 Å². The zero-order valence-corrected chi connectivity index (χ0v) is 20.6. The molecule has 1 aliphatic heterocycles. The average Bonchev–Trinajstić information content (AvgIpc) is 3.21. The van der Waals surface area contributed by atoms with E-state index in [-0.39, 0.29) is 0 Å². The van der Waals surface area contributed by atoms with Crippen LogP contribution >= 0.6 is 0 Å². The fourth-order valence-electron chi connectivity index (χ4n) is 5.73. The van der Waals surface area contributed by atoms with E-state index in [1.54, 1.807) is 6.20 Å². The third kappa shape index (κ3) is 5.13. The summed E-state index contributed by atoms with van der Waals surface area (Å²) in [5, 5.41) is 1.21. The van der Waals surface area contributed by atoms with Crippen LogP contribution in [0.25, 0.3) is 23.1 Å². The molecule has 4 heteroatoms. The molecular formula is C31H34N4. The summed E-state index contributed by atoms with van der Waals surface area (Å²) in [6, 6.07) is 8.45. The van der Waals surface area contributed by atoms with Gasteiger partial charge in [0.15, 0.2) is 0 Å². The number of nitrogens with zero attached hydrogens (tertiary/aromatic N) is 4. The fourth-order valence-corrected chi connectivity index (χ4v) is 5.73. The normalized spacial score (nSPS) is 20.0. The standard InChI is InChI=1S/C31H34N4/c1-2-18-31(19-8-3-4-9-20-31)21-10-7-11-25-14-16-27-26-12-5-6-13-28(26)35(29(27)17-15-25)30-33-23-22-32-24-34-30/h3-6,8-9,12-17,22,24-25H,2,7,10-11,18-21H2,1H3. The highest BCUT2D eigenvalue weighted by Crippen LogP contribution is 2.40. The quantitative estimate of drug-likeness (QED) is 0.374. The van der Waals surface area contributed by atoms with Crippen LogP contribution in [0.5, 0.6) is 0 Å². The predicted octanol–water partition coefficient (Wildman–Crippen LogP) is 7.98. The van der Waals surface area contributed by atoms with Crippen molar-refractivity contribution < 1.29 is 0 Å². The van der Waals surface area contributed by atoms with Crippen molar-refractivity contribution in [3.63, 3.8) is 0 Å². The van der Waals surface area contributed by atoms with E-state index in [1.807, 2.05) is 0 Å². The van der Waals surface area contributed by atoms with Crippen LogP contribution in [0.4, 0.5) is 0 Å². The largest absolute Gasteiger partial charge is 0.277 e. The SMILES string of the molecule is CCCC1(CCCCC2C=Cc3c(n(C4=NC=NC=C=N4)c4ccccc34)C=C2)CC=CC=CC1. The molecule has 2 aromatic rings. The summed E-state index contributed by atoms with van der Waals surface area (Å²) >= 11 is 0. The summed E-state index contributed by atoms with van der Waals surface area (Å²) in [4.78, 5) is 12.9. The van der Waals surface area contributed by atoms with Crippen molar-refractivity contribution in [2.24, 2.45) is 26.3 Å². The van der Waals surface area contributed by atoms with Crippen LogP contribution in [0, 0.1) is 11.3 Å². The Balaban J connectivity index is 1.32. The molecule has 1 unspecified atom stereocenters. The molecule has 0 N–H and O–H groups in total. The number of aromatic nitrogens is 1. The van der Waals surface area contributed by atoms with Gasteiger partial charge >= 0.3 is 0 Å². The summed E-state index contributed by atoms with van der Waals surface area (Å²) in [6.45, 7) is 2.32. The number of aliphatic imine (C=N–C) groups is 3. The second-order valence-electron chi connectivity index (χ2n) is 9.86. The molecule has 0 saturated carbocycles. The van der Waals surface area contributed by atoms with Gasteiger partial charge in [0.05, 0.1) is 17.4 Å². The summed E-state index contributed by atoms with van der Waals surface area (Å²) in [5.74, 6) is 3.88. The van der Waals surface area contributed by atoms with Crippen LogP contribution in [0.3, 0.4) is 0 Å². The zero-order chi connectivity index (χ0) is 23.9. The first-order chi connectivity index (χ1) is 17.3. The maximum Gasteiger partial charge on any atom is 0.244 e. The average molecular weight is 463 g/mol. The Morgan fingerprint density at radius 1 is 1.03 bits per heavy atom. The van der Waals surface area contributed by atoms with Crippen LogP contribution in [0.1, 0.15) is 69.5 Å². The monoisotopic (exact) mass is 462 g/mol. The molecular weight excluding hydrogens is 428 g/mol. The van der Waals surface area contributed by atoms with Gasteiger partial charge in [0.25, 0.3) is 0 Å². The van der Waals surface area contributed by atoms with Gasteiger partial charge in [-0.2, -0.15) is 4.99 Å². The van der Waals surface area contributed by atoms with E-state index in [0.717, 1.165) is 11.2 Å². The first kappa shape index (κ1) is 23.3. The number of hydrogen-bond donors (Lipinski definition) is 0. The molecule has 35 heavy (non-hydrogen) atoms. The van der Waals surface area contributed by atoms with Crippen LogP contribution in [-0.4, -0.2) is 22.7 Å². The van der Waals surface area contributed by atoms with Gasteiger partial charge in [0, 0.05) is 16.8 Å². The van der Waals surface area contributed by atoms with E-state index in [9.17, 15) is 0 Å². The molecule has 1 aromatic heterocycles. The van der Waals surface area contributed by atoms with Crippen LogP contribution in [0.15, 0.2) is 81.9 Å². The second kappa shape index (κ2) is 10.8. The van der Waals surface area contributed by atoms with Crippen molar-refractivity contribution in [3.05, 3.63) is 78.2 Å². The number of rotatable bonds is 7. The molecule has 4 nitrogen and oxygen atoms in total. The Hall–Kier alpha value is -3.49. The molecule has 0 fully saturated rings.